The third kappa shape index (κ3) is 3.84. The van der Waals surface area contributed by atoms with Gasteiger partial charge in [0.2, 0.25) is 11.6 Å². The molecular weight excluding hydrogens is 342 g/mol. The number of rotatable bonds is 3. The van der Waals surface area contributed by atoms with Crippen molar-refractivity contribution in [2.24, 2.45) is 9.39 Å². The van der Waals surface area contributed by atoms with Crippen molar-refractivity contribution in [1.29, 1.82) is 0 Å². The molecule has 0 bridgehead atoms. The normalized spacial score (nSPS) is 18.2. The van der Waals surface area contributed by atoms with Gasteiger partial charge in [0, 0.05) is 11.3 Å². The third-order valence-electron chi connectivity index (χ3n) is 3.15. The maximum Gasteiger partial charge on any atom is 0.284 e. The predicted molar refractivity (Wildman–Crippen MR) is 90.3 cm³/mol. The van der Waals surface area contributed by atoms with Gasteiger partial charge in [0.05, 0.1) is 5.03 Å². The predicted octanol–water partition coefficient (Wildman–Crippen LogP) is 2.53. The van der Waals surface area contributed by atoms with Crippen molar-refractivity contribution in [3.63, 3.8) is 0 Å². The van der Waals surface area contributed by atoms with E-state index in [2.05, 4.69) is 14.7 Å². The summed E-state index contributed by atoms with van der Waals surface area (Å²) in [6, 6.07) is 4.70. The molecule has 9 heteroatoms. The van der Waals surface area contributed by atoms with Gasteiger partial charge in [-0.15, -0.1) is 4.40 Å². The molecule has 122 valence electrons. The van der Waals surface area contributed by atoms with Crippen LogP contribution in [0.5, 0.6) is 5.75 Å². The Kier molecular flexibility index (Phi) is 5.30. The molecule has 1 unspecified atom stereocenters. The van der Waals surface area contributed by atoms with Crippen LogP contribution in [0.15, 0.2) is 38.2 Å². The van der Waals surface area contributed by atoms with Crippen LogP contribution in [0.4, 0.5) is 5.69 Å². The number of aliphatic imine (C=N–C) groups is 1. The average Bonchev–Trinajstić information content (AvgIpc) is 2.47. The molecule has 0 saturated heterocycles. The van der Waals surface area contributed by atoms with E-state index in [0.29, 0.717) is 17.7 Å². The second kappa shape index (κ2) is 7.03. The Hall–Kier alpha value is -2.03. The average molecular weight is 356 g/mol. The third-order valence-corrected chi connectivity index (χ3v) is 3.88. The Labute approximate surface area is 140 Å². The lowest BCUT2D eigenvalue weighted by molar-refractivity contribution is -0.109. The highest BCUT2D eigenvalue weighted by atomic mass is 35.5. The maximum absolute atomic E-state index is 12.0. The van der Waals surface area contributed by atoms with Crippen LogP contribution < -0.4 is 5.32 Å². The van der Waals surface area contributed by atoms with E-state index in [4.69, 9.17) is 16.2 Å². The monoisotopic (exact) mass is 355 g/mol. The Morgan fingerprint density at radius 1 is 1.43 bits per heavy atom. The summed E-state index contributed by atoms with van der Waals surface area (Å²) >= 11 is 3.48. The molecule has 1 aliphatic rings. The molecule has 1 atom stereocenters. The van der Waals surface area contributed by atoms with Crippen molar-refractivity contribution >= 4 is 46.0 Å². The van der Waals surface area contributed by atoms with E-state index in [-0.39, 0.29) is 16.6 Å². The number of hydrogen-bond acceptors (Lipinski definition) is 4. The molecule has 0 amide bonds. The number of halogens is 1. The summed E-state index contributed by atoms with van der Waals surface area (Å²) in [5, 5.41) is 12.4. The van der Waals surface area contributed by atoms with Gasteiger partial charge < -0.3 is 10.4 Å². The number of anilines is 1. The zero-order chi connectivity index (χ0) is 17.1. The standard InChI is InChI=1S/C14H14ClN3O4S/c1-3-9-11(15)12(20)14(18-23(21)22)17-13(9)16-10-5-4-8(19)6-7(10)2/h4-6,19H,3H2,1-2H3,(H,21,22)(H,16,17,18). The summed E-state index contributed by atoms with van der Waals surface area (Å²) < 4.78 is 22.9. The molecular formula is C14H14ClN3O4S. The second-order valence-electron chi connectivity index (χ2n) is 4.71. The fourth-order valence-electron chi connectivity index (χ4n) is 2.04. The number of carbonyl (C=O) groups excluding carboxylic acids is 1. The summed E-state index contributed by atoms with van der Waals surface area (Å²) in [6.07, 6.45) is 0.434. The van der Waals surface area contributed by atoms with Gasteiger partial charge in [-0.2, -0.15) is 0 Å². The van der Waals surface area contributed by atoms with E-state index < -0.39 is 22.9 Å². The molecule has 1 heterocycles. The lowest BCUT2D eigenvalue weighted by Gasteiger charge is -2.19. The molecule has 23 heavy (non-hydrogen) atoms. The lowest BCUT2D eigenvalue weighted by Crippen LogP contribution is -2.28. The van der Waals surface area contributed by atoms with Gasteiger partial charge in [-0.3, -0.25) is 9.35 Å². The number of benzene rings is 1. The quantitative estimate of drug-likeness (QED) is 0.570. The first-order valence-corrected chi connectivity index (χ1v) is 8.06. The minimum absolute atomic E-state index is 0.0920. The highest BCUT2D eigenvalue weighted by Crippen LogP contribution is 2.25. The number of phenolic OH excluding ortho intramolecular Hbond substituents is 1. The Bertz CT molecular complexity index is 786. The topological polar surface area (TPSA) is 111 Å². The number of ketones is 1. The van der Waals surface area contributed by atoms with Gasteiger partial charge in [0.15, 0.2) is 0 Å². The zero-order valence-electron chi connectivity index (χ0n) is 12.3. The number of hydrogen-bond donors (Lipinski definition) is 3. The number of carbonyl (C=O) groups is 1. The Morgan fingerprint density at radius 3 is 2.70 bits per heavy atom. The van der Waals surface area contributed by atoms with Crippen LogP contribution in [0.1, 0.15) is 18.9 Å². The van der Waals surface area contributed by atoms with Crippen LogP contribution in [0.25, 0.3) is 0 Å². The van der Waals surface area contributed by atoms with Gasteiger partial charge in [-0.1, -0.05) is 18.5 Å². The molecule has 1 aromatic carbocycles. The van der Waals surface area contributed by atoms with Gasteiger partial charge in [0.1, 0.15) is 11.6 Å². The second-order valence-corrected chi connectivity index (χ2v) is 5.73. The molecule has 2 rings (SSSR count). The molecule has 0 fully saturated rings. The molecule has 0 aromatic heterocycles. The molecule has 3 N–H and O–H groups in total. The fraction of sp³-hybridized carbons (Fsp3) is 0.214. The largest absolute Gasteiger partial charge is 0.508 e. The van der Waals surface area contributed by atoms with Gasteiger partial charge in [-0.05, 0) is 37.1 Å². The number of aryl methyl sites for hydroxylation is 1. The van der Waals surface area contributed by atoms with E-state index >= 15 is 0 Å². The van der Waals surface area contributed by atoms with Crippen LogP contribution in [-0.2, 0) is 16.1 Å². The van der Waals surface area contributed by atoms with Crippen molar-refractivity contribution in [2.45, 2.75) is 20.3 Å². The minimum Gasteiger partial charge on any atom is -0.508 e. The molecule has 0 aliphatic carbocycles. The molecule has 1 aromatic rings. The van der Waals surface area contributed by atoms with Crippen LogP contribution in [0.2, 0.25) is 0 Å². The number of nitrogens with one attached hydrogen (secondary N) is 1. The summed E-state index contributed by atoms with van der Waals surface area (Å²) in [7, 11) is 0. The summed E-state index contributed by atoms with van der Waals surface area (Å²) in [6.45, 7) is 3.59. The van der Waals surface area contributed by atoms with E-state index in [1.807, 2.05) is 0 Å². The first-order chi connectivity index (χ1) is 10.8. The number of nitrogens with zero attached hydrogens (tertiary/aromatic N) is 2. The smallest absolute Gasteiger partial charge is 0.284 e. The highest BCUT2D eigenvalue weighted by Gasteiger charge is 2.28. The maximum atomic E-state index is 12.0. The van der Waals surface area contributed by atoms with E-state index in [1.165, 1.54) is 6.07 Å². The first-order valence-electron chi connectivity index (χ1n) is 6.62. The van der Waals surface area contributed by atoms with Crippen LogP contribution >= 0.6 is 11.6 Å². The van der Waals surface area contributed by atoms with Crippen molar-refractivity contribution in [3.8, 4) is 5.75 Å². The molecule has 0 radical (unpaired) electrons. The Balaban J connectivity index is 2.48. The highest BCUT2D eigenvalue weighted by molar-refractivity contribution is 7.78. The van der Waals surface area contributed by atoms with Crippen LogP contribution in [0.3, 0.4) is 0 Å². The van der Waals surface area contributed by atoms with E-state index in [0.717, 1.165) is 5.56 Å². The summed E-state index contributed by atoms with van der Waals surface area (Å²) in [4.78, 5) is 16.0. The van der Waals surface area contributed by atoms with Crippen molar-refractivity contribution in [1.82, 2.24) is 0 Å². The van der Waals surface area contributed by atoms with E-state index in [1.54, 1.807) is 26.0 Å². The Morgan fingerprint density at radius 2 is 2.13 bits per heavy atom. The summed E-state index contributed by atoms with van der Waals surface area (Å²) in [5.74, 6) is -0.739. The minimum atomic E-state index is -2.56. The zero-order valence-corrected chi connectivity index (χ0v) is 13.9. The van der Waals surface area contributed by atoms with E-state index in [9.17, 15) is 14.1 Å². The number of Topliss-reactive ketones (excluding diaryl/α,β-unsaturated/α-hetero) is 1. The lowest BCUT2D eigenvalue weighted by atomic mass is 10.1. The number of amidine groups is 2. The fourth-order valence-corrected chi connectivity index (χ4v) is 2.62. The molecule has 7 nitrogen and oxygen atoms in total. The van der Waals surface area contributed by atoms with Gasteiger partial charge >= 0.3 is 0 Å². The SMILES string of the molecule is CCC1=C(Cl)C(=O)C(=NS(=O)O)N=C1Nc1ccc(O)cc1C. The van der Waals surface area contributed by atoms with Gasteiger partial charge in [0.25, 0.3) is 11.3 Å². The van der Waals surface area contributed by atoms with Crippen molar-refractivity contribution < 1.29 is 18.7 Å². The number of aromatic hydroxyl groups is 1. The van der Waals surface area contributed by atoms with Crippen molar-refractivity contribution in [2.75, 3.05) is 5.32 Å². The van der Waals surface area contributed by atoms with Gasteiger partial charge in [-0.25, -0.2) is 9.20 Å². The molecule has 1 aliphatic heterocycles. The van der Waals surface area contributed by atoms with Crippen molar-refractivity contribution in [3.05, 3.63) is 34.4 Å². The number of dihydropyridines is 1. The van der Waals surface area contributed by atoms with Crippen LogP contribution in [0, 0.1) is 6.92 Å². The molecule has 0 saturated carbocycles. The first kappa shape index (κ1) is 17.3. The summed E-state index contributed by atoms with van der Waals surface area (Å²) in [5.41, 5.74) is 1.88. The molecule has 0 spiro atoms. The van der Waals surface area contributed by atoms with Crippen LogP contribution in [-0.4, -0.2) is 31.3 Å². The number of phenols is 1.